The average molecular weight is 295 g/mol. The highest BCUT2D eigenvalue weighted by molar-refractivity contribution is 7.98. The van der Waals surface area contributed by atoms with E-state index in [0.29, 0.717) is 6.54 Å². The quantitative estimate of drug-likeness (QED) is 0.703. The number of benzene rings is 2. The molecule has 0 saturated heterocycles. The van der Waals surface area contributed by atoms with E-state index < -0.39 is 0 Å². The van der Waals surface area contributed by atoms with E-state index in [0.717, 1.165) is 10.9 Å². The van der Waals surface area contributed by atoms with E-state index in [-0.39, 0.29) is 0 Å². The number of aromatic amines is 1. The number of imidazole rings is 1. The van der Waals surface area contributed by atoms with Crippen molar-refractivity contribution >= 4 is 11.8 Å². The highest BCUT2D eigenvalue weighted by Crippen LogP contribution is 2.25. The van der Waals surface area contributed by atoms with Gasteiger partial charge in [0.05, 0.1) is 0 Å². The fraction of sp³-hybridized carbons (Fsp3) is 0.118. The SMILES string of the molecule is NCc1ccccc1-c1ccc(CSc2ncc[nH]2)cc1. The molecule has 2 aromatic carbocycles. The van der Waals surface area contributed by atoms with E-state index >= 15 is 0 Å². The maximum Gasteiger partial charge on any atom is 0.165 e. The van der Waals surface area contributed by atoms with Gasteiger partial charge in [0.1, 0.15) is 0 Å². The third-order valence-electron chi connectivity index (χ3n) is 3.35. The lowest BCUT2D eigenvalue weighted by Gasteiger charge is -2.08. The van der Waals surface area contributed by atoms with Crippen LogP contribution in [0.3, 0.4) is 0 Å². The molecule has 0 unspecified atom stereocenters. The van der Waals surface area contributed by atoms with Gasteiger partial charge in [-0.3, -0.25) is 0 Å². The Labute approximate surface area is 128 Å². The molecule has 1 aromatic heterocycles. The Morgan fingerprint density at radius 2 is 1.86 bits per heavy atom. The first kappa shape index (κ1) is 13.9. The first-order valence-electron chi connectivity index (χ1n) is 6.86. The van der Waals surface area contributed by atoms with Crippen LogP contribution in [0.2, 0.25) is 0 Å². The van der Waals surface area contributed by atoms with Crippen LogP contribution >= 0.6 is 11.8 Å². The van der Waals surface area contributed by atoms with E-state index in [2.05, 4.69) is 52.4 Å². The van der Waals surface area contributed by atoms with E-state index in [1.165, 1.54) is 22.3 Å². The topological polar surface area (TPSA) is 54.7 Å². The highest BCUT2D eigenvalue weighted by atomic mass is 32.2. The van der Waals surface area contributed by atoms with E-state index in [1.807, 2.05) is 12.3 Å². The number of rotatable bonds is 5. The molecule has 0 radical (unpaired) electrons. The molecular weight excluding hydrogens is 278 g/mol. The summed E-state index contributed by atoms with van der Waals surface area (Å²) < 4.78 is 0. The van der Waals surface area contributed by atoms with E-state index in [4.69, 9.17) is 5.73 Å². The summed E-state index contributed by atoms with van der Waals surface area (Å²) in [5.41, 5.74) is 10.7. The lowest BCUT2D eigenvalue weighted by molar-refractivity contribution is 1.06. The Morgan fingerprint density at radius 3 is 2.57 bits per heavy atom. The van der Waals surface area contributed by atoms with Gasteiger partial charge < -0.3 is 10.7 Å². The van der Waals surface area contributed by atoms with Gasteiger partial charge in [0, 0.05) is 24.7 Å². The molecule has 0 atom stereocenters. The summed E-state index contributed by atoms with van der Waals surface area (Å²) in [7, 11) is 0. The number of H-pyrrole nitrogens is 1. The number of nitrogens with zero attached hydrogens (tertiary/aromatic N) is 1. The van der Waals surface area contributed by atoms with Crippen molar-refractivity contribution in [3.63, 3.8) is 0 Å². The van der Waals surface area contributed by atoms with Gasteiger partial charge in [0.2, 0.25) is 0 Å². The molecule has 0 saturated carbocycles. The number of nitrogens with two attached hydrogens (primary N) is 1. The monoisotopic (exact) mass is 295 g/mol. The van der Waals surface area contributed by atoms with Crippen molar-refractivity contribution < 1.29 is 0 Å². The molecule has 3 aromatic rings. The normalized spacial score (nSPS) is 10.7. The Hall–Kier alpha value is -2.04. The number of thioether (sulfide) groups is 1. The molecule has 3 N–H and O–H groups in total. The second-order valence-corrected chi connectivity index (χ2v) is 5.71. The van der Waals surface area contributed by atoms with Gasteiger partial charge in [-0.05, 0) is 22.3 Å². The zero-order valence-corrected chi connectivity index (χ0v) is 12.4. The van der Waals surface area contributed by atoms with Crippen LogP contribution in [0.5, 0.6) is 0 Å². The van der Waals surface area contributed by atoms with Gasteiger partial charge in [-0.25, -0.2) is 4.98 Å². The smallest absolute Gasteiger partial charge is 0.165 e. The molecule has 0 aliphatic heterocycles. The Morgan fingerprint density at radius 1 is 1.05 bits per heavy atom. The lowest BCUT2D eigenvalue weighted by Crippen LogP contribution is -1.98. The summed E-state index contributed by atoms with van der Waals surface area (Å²) in [6, 6.07) is 16.9. The van der Waals surface area contributed by atoms with Crippen LogP contribution in [0.15, 0.2) is 66.1 Å². The van der Waals surface area contributed by atoms with Crippen LogP contribution < -0.4 is 5.73 Å². The number of hydrogen-bond acceptors (Lipinski definition) is 3. The standard InChI is InChI=1S/C17H17N3S/c18-11-15-3-1-2-4-16(15)14-7-5-13(6-8-14)12-21-17-19-9-10-20-17/h1-10H,11-12,18H2,(H,19,20). The molecule has 3 rings (SSSR count). The van der Waals surface area contributed by atoms with Crippen molar-refractivity contribution in [2.45, 2.75) is 17.5 Å². The minimum absolute atomic E-state index is 0.562. The van der Waals surface area contributed by atoms with Crippen molar-refractivity contribution in [3.05, 3.63) is 72.1 Å². The van der Waals surface area contributed by atoms with Gasteiger partial charge in [0.25, 0.3) is 0 Å². The zero-order valence-electron chi connectivity index (χ0n) is 11.6. The summed E-state index contributed by atoms with van der Waals surface area (Å²) in [6.07, 6.45) is 3.62. The second-order valence-electron chi connectivity index (χ2n) is 4.74. The van der Waals surface area contributed by atoms with Crippen LogP contribution in [0.4, 0.5) is 0 Å². The molecule has 0 spiro atoms. The average Bonchev–Trinajstić information content (AvgIpc) is 3.07. The van der Waals surface area contributed by atoms with Crippen LogP contribution in [0.25, 0.3) is 11.1 Å². The largest absolute Gasteiger partial charge is 0.340 e. The van der Waals surface area contributed by atoms with Crippen LogP contribution in [-0.2, 0) is 12.3 Å². The molecular formula is C17H17N3S. The summed E-state index contributed by atoms with van der Waals surface area (Å²) in [6.45, 7) is 0.562. The number of aromatic nitrogens is 2. The predicted molar refractivity (Wildman–Crippen MR) is 87.9 cm³/mol. The van der Waals surface area contributed by atoms with Crippen molar-refractivity contribution in [2.75, 3.05) is 0 Å². The Balaban J connectivity index is 1.74. The molecule has 1 heterocycles. The zero-order chi connectivity index (χ0) is 14.5. The van der Waals surface area contributed by atoms with Gasteiger partial charge in [-0.1, -0.05) is 60.3 Å². The minimum Gasteiger partial charge on any atom is -0.340 e. The van der Waals surface area contributed by atoms with Gasteiger partial charge >= 0.3 is 0 Å². The molecule has 4 heteroatoms. The van der Waals surface area contributed by atoms with Crippen LogP contribution in [0, 0.1) is 0 Å². The van der Waals surface area contributed by atoms with Crippen molar-refractivity contribution in [1.82, 2.24) is 9.97 Å². The fourth-order valence-electron chi connectivity index (χ4n) is 2.24. The molecule has 0 fully saturated rings. The summed E-state index contributed by atoms with van der Waals surface area (Å²) in [4.78, 5) is 7.31. The van der Waals surface area contributed by atoms with Crippen LogP contribution in [0.1, 0.15) is 11.1 Å². The highest BCUT2D eigenvalue weighted by Gasteiger charge is 2.04. The van der Waals surface area contributed by atoms with Crippen LogP contribution in [-0.4, -0.2) is 9.97 Å². The molecule has 21 heavy (non-hydrogen) atoms. The number of nitrogens with one attached hydrogen (secondary N) is 1. The van der Waals surface area contributed by atoms with Gasteiger partial charge in [-0.2, -0.15) is 0 Å². The van der Waals surface area contributed by atoms with Crippen molar-refractivity contribution in [1.29, 1.82) is 0 Å². The Kier molecular flexibility index (Phi) is 4.38. The summed E-state index contributed by atoms with van der Waals surface area (Å²) in [5, 5.41) is 0.951. The first-order chi connectivity index (χ1) is 10.4. The first-order valence-corrected chi connectivity index (χ1v) is 7.85. The van der Waals surface area contributed by atoms with Gasteiger partial charge in [-0.15, -0.1) is 0 Å². The maximum atomic E-state index is 5.81. The molecule has 3 nitrogen and oxygen atoms in total. The molecule has 106 valence electrons. The maximum absolute atomic E-state index is 5.81. The lowest BCUT2D eigenvalue weighted by atomic mass is 9.99. The van der Waals surface area contributed by atoms with Crippen molar-refractivity contribution in [3.8, 4) is 11.1 Å². The van der Waals surface area contributed by atoms with Gasteiger partial charge in [0.15, 0.2) is 5.16 Å². The molecule has 0 amide bonds. The third kappa shape index (κ3) is 3.35. The Bertz CT molecular complexity index is 690. The molecule has 0 aliphatic rings. The number of hydrogen-bond donors (Lipinski definition) is 2. The second kappa shape index (κ2) is 6.61. The molecule has 0 aliphatic carbocycles. The summed E-state index contributed by atoms with van der Waals surface area (Å²) in [5.74, 6) is 0.909. The third-order valence-corrected chi connectivity index (χ3v) is 4.33. The summed E-state index contributed by atoms with van der Waals surface area (Å²) >= 11 is 1.70. The fourth-order valence-corrected chi connectivity index (χ4v) is 3.02. The van der Waals surface area contributed by atoms with Crippen molar-refractivity contribution in [2.24, 2.45) is 5.73 Å². The minimum atomic E-state index is 0.562. The van der Waals surface area contributed by atoms with E-state index in [9.17, 15) is 0 Å². The van der Waals surface area contributed by atoms with E-state index in [1.54, 1.807) is 18.0 Å². The predicted octanol–water partition coefficient (Wildman–Crippen LogP) is 3.83. The molecule has 0 bridgehead atoms.